The van der Waals surface area contributed by atoms with Crippen LogP contribution in [-0.4, -0.2) is 46.3 Å². The van der Waals surface area contributed by atoms with Crippen LogP contribution in [0, 0.1) is 10.8 Å². The molecular weight excluding hydrogens is 452 g/mol. The minimum absolute atomic E-state index is 0.00567. The molecule has 0 saturated heterocycles. The second-order valence-corrected chi connectivity index (χ2v) is 12.1. The van der Waals surface area contributed by atoms with E-state index in [0.717, 1.165) is 62.8 Å². The van der Waals surface area contributed by atoms with E-state index in [1.165, 1.54) is 0 Å². The van der Waals surface area contributed by atoms with E-state index < -0.39 is 0 Å². The van der Waals surface area contributed by atoms with Gasteiger partial charge >= 0.3 is 0 Å². The van der Waals surface area contributed by atoms with Gasteiger partial charge in [0.1, 0.15) is 11.5 Å². The van der Waals surface area contributed by atoms with Gasteiger partial charge in [-0.25, -0.2) is 0 Å². The highest BCUT2D eigenvalue weighted by Crippen LogP contribution is 2.38. The maximum atomic E-state index is 12.6. The molecule has 6 heteroatoms. The van der Waals surface area contributed by atoms with Crippen molar-refractivity contribution in [2.75, 3.05) is 13.1 Å². The summed E-state index contributed by atoms with van der Waals surface area (Å²) in [6, 6.07) is 0. The van der Waals surface area contributed by atoms with Crippen molar-refractivity contribution in [3.05, 3.63) is 22.7 Å². The molecule has 0 amide bonds. The van der Waals surface area contributed by atoms with Crippen molar-refractivity contribution in [3.63, 3.8) is 0 Å². The molecule has 0 aliphatic heterocycles. The highest BCUT2D eigenvalue weighted by molar-refractivity contribution is 6.24. The SMILES string of the molecule is CCCC(=O)C1=C(O)CC(C)(C)CC1=NCCCCCCN=C1CC(C)(C)CC(O)=C1C(=O)CCC. The largest absolute Gasteiger partial charge is 0.511 e. The number of hydrogen-bond donors (Lipinski definition) is 2. The van der Waals surface area contributed by atoms with Crippen molar-refractivity contribution >= 4 is 23.0 Å². The van der Waals surface area contributed by atoms with Crippen molar-refractivity contribution in [2.24, 2.45) is 20.8 Å². The smallest absolute Gasteiger partial charge is 0.168 e. The Hall–Kier alpha value is -2.24. The summed E-state index contributed by atoms with van der Waals surface area (Å²) in [5.41, 5.74) is 2.28. The molecular formula is C30H48N2O4. The lowest BCUT2D eigenvalue weighted by atomic mass is 9.75. The Labute approximate surface area is 218 Å². The number of allylic oxidation sites excluding steroid dienone is 4. The van der Waals surface area contributed by atoms with Crippen LogP contribution >= 0.6 is 0 Å². The summed E-state index contributed by atoms with van der Waals surface area (Å²) in [5.74, 6) is 0.410. The fraction of sp³-hybridized carbons (Fsp3) is 0.733. The van der Waals surface area contributed by atoms with Gasteiger partial charge in [0.2, 0.25) is 0 Å². The summed E-state index contributed by atoms with van der Waals surface area (Å²) >= 11 is 0. The van der Waals surface area contributed by atoms with E-state index in [9.17, 15) is 19.8 Å². The van der Waals surface area contributed by atoms with Gasteiger partial charge in [-0.1, -0.05) is 54.4 Å². The molecule has 0 fully saturated rings. The third-order valence-electron chi connectivity index (χ3n) is 6.92. The number of nitrogens with zero attached hydrogens (tertiary/aromatic N) is 2. The van der Waals surface area contributed by atoms with Crippen LogP contribution in [0.3, 0.4) is 0 Å². The van der Waals surface area contributed by atoms with Crippen molar-refractivity contribution in [2.45, 2.75) is 119 Å². The van der Waals surface area contributed by atoms with Crippen LogP contribution in [-0.2, 0) is 9.59 Å². The number of carbonyl (C=O) groups is 2. The number of carbonyl (C=O) groups excluding carboxylic acids is 2. The van der Waals surface area contributed by atoms with Crippen LogP contribution in [0.2, 0.25) is 0 Å². The zero-order chi connectivity index (χ0) is 26.9. The number of aliphatic hydroxyl groups excluding tert-OH is 2. The van der Waals surface area contributed by atoms with E-state index in [4.69, 9.17) is 9.98 Å². The van der Waals surface area contributed by atoms with Crippen LogP contribution < -0.4 is 0 Å². The maximum Gasteiger partial charge on any atom is 0.168 e. The van der Waals surface area contributed by atoms with E-state index in [2.05, 4.69) is 27.7 Å². The topological polar surface area (TPSA) is 99.3 Å². The number of aliphatic hydroxyl groups is 2. The molecule has 0 atom stereocenters. The molecule has 2 N–H and O–H groups in total. The quantitative estimate of drug-likeness (QED) is 0.257. The van der Waals surface area contributed by atoms with E-state index in [0.29, 0.717) is 49.9 Å². The van der Waals surface area contributed by atoms with Crippen molar-refractivity contribution in [1.29, 1.82) is 0 Å². The summed E-state index contributed by atoms with van der Waals surface area (Å²) in [5, 5.41) is 21.1. The minimum atomic E-state index is -0.0913. The molecule has 0 unspecified atom stereocenters. The summed E-state index contributed by atoms with van der Waals surface area (Å²) < 4.78 is 0. The predicted octanol–water partition coefficient (Wildman–Crippen LogP) is 7.43. The first-order valence-electron chi connectivity index (χ1n) is 13.9. The Morgan fingerprint density at radius 1 is 0.667 bits per heavy atom. The first-order chi connectivity index (χ1) is 16.9. The van der Waals surface area contributed by atoms with E-state index in [1.807, 2.05) is 13.8 Å². The molecule has 0 heterocycles. The van der Waals surface area contributed by atoms with Crippen LogP contribution in [0.15, 0.2) is 32.6 Å². The number of ketones is 2. The lowest BCUT2D eigenvalue weighted by molar-refractivity contribution is -0.116. The fourth-order valence-corrected chi connectivity index (χ4v) is 5.25. The van der Waals surface area contributed by atoms with Crippen molar-refractivity contribution in [3.8, 4) is 0 Å². The highest BCUT2D eigenvalue weighted by atomic mass is 16.3. The Balaban J connectivity index is 1.90. The Morgan fingerprint density at radius 3 is 1.36 bits per heavy atom. The molecule has 2 aliphatic carbocycles. The van der Waals surface area contributed by atoms with E-state index >= 15 is 0 Å². The third kappa shape index (κ3) is 8.70. The monoisotopic (exact) mass is 500 g/mol. The molecule has 0 aromatic heterocycles. The molecule has 0 bridgehead atoms. The zero-order valence-corrected chi connectivity index (χ0v) is 23.5. The molecule has 0 spiro atoms. The number of rotatable bonds is 13. The number of aliphatic imine (C=N–C) groups is 2. The number of unbranched alkanes of at least 4 members (excludes halogenated alkanes) is 3. The van der Waals surface area contributed by atoms with Crippen molar-refractivity contribution in [1.82, 2.24) is 0 Å². The third-order valence-corrected chi connectivity index (χ3v) is 6.92. The lowest BCUT2D eigenvalue weighted by Crippen LogP contribution is -2.29. The first kappa shape index (κ1) is 30.0. The molecule has 202 valence electrons. The Kier molecular flexibility index (Phi) is 11.1. The lowest BCUT2D eigenvalue weighted by Gasteiger charge is -2.31. The molecule has 0 aromatic rings. The van der Waals surface area contributed by atoms with Crippen LogP contribution in [0.5, 0.6) is 0 Å². The molecule has 2 aliphatic rings. The van der Waals surface area contributed by atoms with Gasteiger partial charge in [-0.2, -0.15) is 0 Å². The summed E-state index contributed by atoms with van der Waals surface area (Å²) in [6.45, 7) is 13.7. The highest BCUT2D eigenvalue weighted by Gasteiger charge is 2.35. The fourth-order valence-electron chi connectivity index (χ4n) is 5.25. The van der Waals surface area contributed by atoms with E-state index in [1.54, 1.807) is 0 Å². The summed E-state index contributed by atoms with van der Waals surface area (Å²) in [7, 11) is 0. The van der Waals surface area contributed by atoms with Gasteiger partial charge in [0.15, 0.2) is 11.6 Å². The normalized spacial score (nSPS) is 21.9. The first-order valence-corrected chi connectivity index (χ1v) is 13.9. The van der Waals surface area contributed by atoms with Gasteiger partial charge in [-0.05, 0) is 49.4 Å². The van der Waals surface area contributed by atoms with Crippen LogP contribution in [0.4, 0.5) is 0 Å². The van der Waals surface area contributed by atoms with Crippen LogP contribution in [0.25, 0.3) is 0 Å². The standard InChI is InChI=1S/C30H48N2O4/c1-7-13-23(33)27-21(17-29(3,4)19-25(27)35)31-15-11-9-10-12-16-32-22-18-30(5,6)20-26(36)28(22)24(34)14-8-2/h35-36H,7-20H2,1-6H3. The van der Waals surface area contributed by atoms with Gasteiger partial charge in [-0.15, -0.1) is 0 Å². The van der Waals surface area contributed by atoms with Gasteiger partial charge in [-0.3, -0.25) is 19.6 Å². The second kappa shape index (κ2) is 13.3. The average molecular weight is 501 g/mol. The summed E-state index contributed by atoms with van der Waals surface area (Å²) in [4.78, 5) is 34.7. The average Bonchev–Trinajstić information content (AvgIpc) is 2.73. The maximum absolute atomic E-state index is 12.6. The predicted molar refractivity (Wildman–Crippen MR) is 148 cm³/mol. The Bertz CT molecular complexity index is 859. The minimum Gasteiger partial charge on any atom is -0.511 e. The van der Waals surface area contributed by atoms with Gasteiger partial charge < -0.3 is 10.2 Å². The molecule has 6 nitrogen and oxygen atoms in total. The van der Waals surface area contributed by atoms with Gasteiger partial charge in [0.25, 0.3) is 0 Å². The molecule has 36 heavy (non-hydrogen) atoms. The number of Topliss-reactive ketones (excluding diaryl/α,β-unsaturated/α-hetero) is 2. The Morgan fingerprint density at radius 2 is 1.03 bits per heavy atom. The molecule has 0 saturated carbocycles. The van der Waals surface area contributed by atoms with Crippen LogP contribution in [0.1, 0.15) is 119 Å². The molecule has 2 rings (SSSR count). The van der Waals surface area contributed by atoms with Crippen molar-refractivity contribution < 1.29 is 19.8 Å². The van der Waals surface area contributed by atoms with Gasteiger partial charge in [0, 0.05) is 50.2 Å². The van der Waals surface area contributed by atoms with E-state index in [-0.39, 0.29) is 33.9 Å². The molecule has 0 radical (unpaired) electrons. The second-order valence-electron chi connectivity index (χ2n) is 12.1. The van der Waals surface area contributed by atoms with Gasteiger partial charge in [0.05, 0.1) is 11.1 Å². The number of hydrogen-bond acceptors (Lipinski definition) is 6. The zero-order valence-electron chi connectivity index (χ0n) is 23.5. The molecule has 0 aromatic carbocycles. The summed E-state index contributed by atoms with van der Waals surface area (Å²) in [6.07, 6.45) is 8.74.